The second-order valence-corrected chi connectivity index (χ2v) is 4.53. The topological polar surface area (TPSA) is 54.7 Å². The van der Waals surface area contributed by atoms with Crippen molar-refractivity contribution < 1.29 is 4.39 Å². The fraction of sp³-hybridized carbons (Fsp3) is 0.133. The molecule has 0 aliphatic rings. The van der Waals surface area contributed by atoms with Gasteiger partial charge in [-0.15, -0.1) is 0 Å². The Balaban J connectivity index is 2.11. The van der Waals surface area contributed by atoms with Crippen LogP contribution in [0.3, 0.4) is 0 Å². The lowest BCUT2D eigenvalue weighted by Crippen LogP contribution is -1.91. The van der Waals surface area contributed by atoms with E-state index in [1.54, 1.807) is 12.1 Å². The predicted molar refractivity (Wildman–Crippen MR) is 75.3 cm³/mol. The Morgan fingerprint density at radius 3 is 2.79 bits per heavy atom. The zero-order valence-corrected chi connectivity index (χ0v) is 10.6. The summed E-state index contributed by atoms with van der Waals surface area (Å²) in [6.07, 6.45) is 0.980. The van der Waals surface area contributed by atoms with Crippen LogP contribution >= 0.6 is 0 Å². The minimum Gasteiger partial charge on any atom is -0.396 e. The number of imidazole rings is 1. The monoisotopic (exact) mass is 255 g/mol. The molecule has 2 aromatic carbocycles. The van der Waals surface area contributed by atoms with Gasteiger partial charge in [-0.05, 0) is 42.3 Å². The van der Waals surface area contributed by atoms with E-state index in [4.69, 9.17) is 5.73 Å². The highest BCUT2D eigenvalue weighted by molar-refractivity contribution is 5.80. The summed E-state index contributed by atoms with van der Waals surface area (Å²) in [5.74, 6) is 0.295. The molecule has 0 saturated heterocycles. The molecule has 19 heavy (non-hydrogen) atoms. The Morgan fingerprint density at radius 1 is 1.21 bits per heavy atom. The molecule has 0 unspecified atom stereocenters. The molecule has 3 N–H and O–H groups in total. The van der Waals surface area contributed by atoms with Crippen molar-refractivity contribution in [3.63, 3.8) is 0 Å². The number of aromatic nitrogens is 2. The molecule has 0 amide bonds. The van der Waals surface area contributed by atoms with Crippen LogP contribution in [0.1, 0.15) is 12.5 Å². The second-order valence-electron chi connectivity index (χ2n) is 4.53. The second kappa shape index (κ2) is 4.39. The van der Waals surface area contributed by atoms with Crippen LogP contribution in [0, 0.1) is 5.82 Å². The minimum atomic E-state index is -0.409. The quantitative estimate of drug-likeness (QED) is 0.688. The zero-order valence-electron chi connectivity index (χ0n) is 10.6. The van der Waals surface area contributed by atoms with Gasteiger partial charge in [0.05, 0.1) is 16.7 Å². The van der Waals surface area contributed by atoms with Crippen LogP contribution in [0.15, 0.2) is 36.4 Å². The average Bonchev–Trinajstić information content (AvgIpc) is 2.84. The number of nitrogens with two attached hydrogens (primary N) is 1. The van der Waals surface area contributed by atoms with Crippen molar-refractivity contribution in [2.24, 2.45) is 0 Å². The van der Waals surface area contributed by atoms with Gasteiger partial charge in [0.2, 0.25) is 0 Å². The van der Waals surface area contributed by atoms with Gasteiger partial charge in [0, 0.05) is 5.56 Å². The molecule has 0 aliphatic carbocycles. The molecule has 0 radical (unpaired) electrons. The lowest BCUT2D eigenvalue weighted by atomic mass is 10.1. The maximum atomic E-state index is 13.2. The van der Waals surface area contributed by atoms with Crippen molar-refractivity contribution >= 4 is 16.7 Å². The molecule has 0 aliphatic heterocycles. The molecule has 0 spiro atoms. The van der Waals surface area contributed by atoms with Crippen molar-refractivity contribution in [2.45, 2.75) is 13.3 Å². The van der Waals surface area contributed by atoms with Crippen LogP contribution < -0.4 is 5.73 Å². The van der Waals surface area contributed by atoms with Crippen LogP contribution in [-0.2, 0) is 6.42 Å². The molecular formula is C15H14FN3. The molecule has 0 saturated carbocycles. The summed E-state index contributed by atoms with van der Waals surface area (Å²) in [7, 11) is 0. The van der Waals surface area contributed by atoms with Gasteiger partial charge >= 0.3 is 0 Å². The molecule has 4 heteroatoms. The van der Waals surface area contributed by atoms with Gasteiger partial charge in [-0.25, -0.2) is 9.37 Å². The highest BCUT2D eigenvalue weighted by Crippen LogP contribution is 2.24. The zero-order chi connectivity index (χ0) is 13.4. The van der Waals surface area contributed by atoms with Crippen LogP contribution in [0.2, 0.25) is 0 Å². The standard InChI is InChI=1S/C15H14FN3/c1-2-9-3-6-13-14(7-9)19-15(18-13)10-4-5-11(16)12(17)8-10/h3-8H,2,17H2,1H3,(H,18,19). The van der Waals surface area contributed by atoms with E-state index in [-0.39, 0.29) is 5.69 Å². The molecule has 0 atom stereocenters. The van der Waals surface area contributed by atoms with Crippen molar-refractivity contribution in [3.05, 3.63) is 47.8 Å². The van der Waals surface area contributed by atoms with Gasteiger partial charge < -0.3 is 10.7 Å². The van der Waals surface area contributed by atoms with Crippen LogP contribution in [-0.4, -0.2) is 9.97 Å². The molecule has 1 aromatic heterocycles. The predicted octanol–water partition coefficient (Wildman–Crippen LogP) is 3.51. The fourth-order valence-electron chi connectivity index (χ4n) is 2.10. The van der Waals surface area contributed by atoms with Gasteiger partial charge in [0.1, 0.15) is 11.6 Å². The third-order valence-corrected chi connectivity index (χ3v) is 3.22. The first-order valence-electron chi connectivity index (χ1n) is 6.21. The summed E-state index contributed by atoms with van der Waals surface area (Å²) in [6, 6.07) is 10.7. The van der Waals surface area contributed by atoms with Crippen LogP contribution in [0.25, 0.3) is 22.4 Å². The molecule has 3 aromatic rings. The van der Waals surface area contributed by atoms with E-state index >= 15 is 0 Å². The van der Waals surface area contributed by atoms with Gasteiger partial charge in [-0.1, -0.05) is 13.0 Å². The van der Waals surface area contributed by atoms with E-state index in [1.165, 1.54) is 11.6 Å². The van der Waals surface area contributed by atoms with Crippen molar-refractivity contribution in [3.8, 4) is 11.4 Å². The molecular weight excluding hydrogens is 241 g/mol. The van der Waals surface area contributed by atoms with E-state index in [1.807, 2.05) is 6.07 Å². The average molecular weight is 255 g/mol. The number of aryl methyl sites for hydroxylation is 1. The Hall–Kier alpha value is -2.36. The Bertz CT molecular complexity index is 746. The van der Waals surface area contributed by atoms with Crippen molar-refractivity contribution in [1.82, 2.24) is 9.97 Å². The lowest BCUT2D eigenvalue weighted by molar-refractivity contribution is 0.632. The number of fused-ring (bicyclic) bond motifs is 1. The molecule has 1 heterocycles. The number of halogens is 1. The molecule has 0 bridgehead atoms. The number of nitrogens with one attached hydrogen (secondary N) is 1. The van der Waals surface area contributed by atoms with Crippen LogP contribution in [0.4, 0.5) is 10.1 Å². The number of anilines is 1. The number of nitrogens with zero attached hydrogens (tertiary/aromatic N) is 1. The van der Waals surface area contributed by atoms with Gasteiger partial charge in [-0.2, -0.15) is 0 Å². The Morgan fingerprint density at radius 2 is 2.05 bits per heavy atom. The van der Waals surface area contributed by atoms with E-state index in [2.05, 4.69) is 29.0 Å². The SMILES string of the molecule is CCc1ccc2nc(-c3ccc(F)c(N)c3)[nH]c2c1. The first kappa shape index (κ1) is 11.7. The summed E-state index contributed by atoms with van der Waals surface area (Å²) >= 11 is 0. The Labute approximate surface area is 110 Å². The lowest BCUT2D eigenvalue weighted by Gasteiger charge is -1.99. The fourth-order valence-corrected chi connectivity index (χ4v) is 2.10. The summed E-state index contributed by atoms with van der Waals surface area (Å²) < 4.78 is 13.2. The largest absolute Gasteiger partial charge is 0.396 e. The van der Waals surface area contributed by atoms with Crippen molar-refractivity contribution in [1.29, 1.82) is 0 Å². The highest BCUT2D eigenvalue weighted by atomic mass is 19.1. The summed E-state index contributed by atoms with van der Waals surface area (Å²) in [5, 5.41) is 0. The molecule has 3 rings (SSSR count). The number of aromatic amines is 1. The van der Waals surface area contributed by atoms with Crippen molar-refractivity contribution in [2.75, 3.05) is 5.73 Å². The number of benzene rings is 2. The van der Waals surface area contributed by atoms with Gasteiger partial charge in [0.25, 0.3) is 0 Å². The van der Waals surface area contributed by atoms with E-state index in [0.29, 0.717) is 5.82 Å². The summed E-state index contributed by atoms with van der Waals surface area (Å²) in [4.78, 5) is 7.74. The molecule has 3 nitrogen and oxygen atoms in total. The first-order valence-corrected chi connectivity index (χ1v) is 6.21. The Kier molecular flexibility index (Phi) is 2.71. The van der Waals surface area contributed by atoms with Gasteiger partial charge in [0.15, 0.2) is 0 Å². The number of hydrogen-bond acceptors (Lipinski definition) is 2. The maximum absolute atomic E-state index is 13.2. The molecule has 96 valence electrons. The van der Waals surface area contributed by atoms with Gasteiger partial charge in [-0.3, -0.25) is 0 Å². The first-order chi connectivity index (χ1) is 9.17. The highest BCUT2D eigenvalue weighted by Gasteiger charge is 2.07. The number of rotatable bonds is 2. The van der Waals surface area contributed by atoms with E-state index < -0.39 is 5.82 Å². The summed E-state index contributed by atoms with van der Waals surface area (Å²) in [5.41, 5.74) is 9.63. The third-order valence-electron chi connectivity index (χ3n) is 3.22. The van der Waals surface area contributed by atoms with E-state index in [9.17, 15) is 4.39 Å². The number of H-pyrrole nitrogens is 1. The van der Waals surface area contributed by atoms with E-state index in [0.717, 1.165) is 23.0 Å². The molecule has 0 fully saturated rings. The smallest absolute Gasteiger partial charge is 0.146 e. The third kappa shape index (κ3) is 2.05. The number of hydrogen-bond donors (Lipinski definition) is 2. The number of nitrogen functional groups attached to an aromatic ring is 1. The van der Waals surface area contributed by atoms with Crippen LogP contribution in [0.5, 0.6) is 0 Å². The minimum absolute atomic E-state index is 0.132. The normalized spacial score (nSPS) is 11.1. The maximum Gasteiger partial charge on any atom is 0.146 e. The summed E-state index contributed by atoms with van der Waals surface area (Å²) in [6.45, 7) is 2.11.